The van der Waals surface area contributed by atoms with E-state index in [0.29, 0.717) is 0 Å². The van der Waals surface area contributed by atoms with Crippen LogP contribution in [0.3, 0.4) is 0 Å². The number of ketones is 1. The number of hydrogen-bond acceptors (Lipinski definition) is 6. The SMILES string of the molecule is CC(=O)CC(=O)OC(C)CO[N+](=O)[O-]. The number of hydrogen-bond donors (Lipinski definition) is 0. The van der Waals surface area contributed by atoms with E-state index in [0.717, 1.165) is 0 Å². The van der Waals surface area contributed by atoms with Crippen LogP contribution in [0.1, 0.15) is 20.3 Å². The van der Waals surface area contributed by atoms with E-state index in [1.807, 2.05) is 0 Å². The quantitative estimate of drug-likeness (QED) is 0.264. The molecule has 0 saturated carbocycles. The van der Waals surface area contributed by atoms with Crippen LogP contribution in [0.4, 0.5) is 0 Å². The van der Waals surface area contributed by atoms with Gasteiger partial charge in [-0.2, -0.15) is 0 Å². The molecule has 0 amide bonds. The molecule has 14 heavy (non-hydrogen) atoms. The van der Waals surface area contributed by atoms with Crippen LogP contribution in [-0.4, -0.2) is 29.6 Å². The van der Waals surface area contributed by atoms with Crippen molar-refractivity contribution in [1.82, 2.24) is 0 Å². The van der Waals surface area contributed by atoms with Crippen molar-refractivity contribution in [3.05, 3.63) is 10.1 Å². The Balaban J connectivity index is 3.71. The van der Waals surface area contributed by atoms with Gasteiger partial charge in [0.1, 0.15) is 24.9 Å². The number of esters is 1. The molecule has 0 radical (unpaired) electrons. The van der Waals surface area contributed by atoms with Gasteiger partial charge in [0.15, 0.2) is 0 Å². The molecule has 7 heteroatoms. The minimum Gasteiger partial charge on any atom is -0.460 e. The lowest BCUT2D eigenvalue weighted by molar-refractivity contribution is -0.759. The minimum atomic E-state index is -0.977. The van der Waals surface area contributed by atoms with Gasteiger partial charge in [-0.15, -0.1) is 10.1 Å². The zero-order valence-corrected chi connectivity index (χ0v) is 7.89. The first-order chi connectivity index (χ1) is 6.41. The van der Waals surface area contributed by atoms with Crippen molar-refractivity contribution in [2.24, 2.45) is 0 Å². The van der Waals surface area contributed by atoms with Gasteiger partial charge in [-0.1, -0.05) is 0 Å². The molecule has 0 aliphatic rings. The lowest BCUT2D eigenvalue weighted by Gasteiger charge is -2.10. The van der Waals surface area contributed by atoms with Crippen molar-refractivity contribution >= 4 is 11.8 Å². The molecule has 0 heterocycles. The lowest BCUT2D eigenvalue weighted by Crippen LogP contribution is -2.22. The van der Waals surface area contributed by atoms with E-state index in [1.165, 1.54) is 13.8 Å². The summed E-state index contributed by atoms with van der Waals surface area (Å²) in [5.74, 6) is -1.03. The Bertz CT molecular complexity index is 238. The summed E-state index contributed by atoms with van der Waals surface area (Å²) in [7, 11) is 0. The van der Waals surface area contributed by atoms with Gasteiger partial charge in [0.25, 0.3) is 5.09 Å². The third kappa shape index (κ3) is 7.01. The van der Waals surface area contributed by atoms with Crippen LogP contribution in [0.2, 0.25) is 0 Å². The van der Waals surface area contributed by atoms with Gasteiger partial charge in [0.2, 0.25) is 0 Å². The summed E-state index contributed by atoms with van der Waals surface area (Å²) >= 11 is 0. The molecule has 0 fully saturated rings. The summed E-state index contributed by atoms with van der Waals surface area (Å²) in [5.41, 5.74) is 0. The maximum absolute atomic E-state index is 10.8. The van der Waals surface area contributed by atoms with Crippen molar-refractivity contribution in [3.8, 4) is 0 Å². The molecule has 7 nitrogen and oxygen atoms in total. The summed E-state index contributed by atoms with van der Waals surface area (Å²) < 4.78 is 4.62. The largest absolute Gasteiger partial charge is 0.460 e. The van der Waals surface area contributed by atoms with Gasteiger partial charge >= 0.3 is 5.97 Å². The molecule has 80 valence electrons. The van der Waals surface area contributed by atoms with E-state index in [4.69, 9.17) is 0 Å². The second kappa shape index (κ2) is 5.90. The van der Waals surface area contributed by atoms with Gasteiger partial charge in [0, 0.05) is 0 Å². The normalized spacial score (nSPS) is 11.6. The summed E-state index contributed by atoms with van der Waals surface area (Å²) in [5, 5.41) is 8.78. The Labute approximate surface area is 80.1 Å². The smallest absolute Gasteiger partial charge is 0.313 e. The highest BCUT2D eigenvalue weighted by Gasteiger charge is 2.12. The molecule has 0 aromatic rings. The highest BCUT2D eigenvalue weighted by molar-refractivity contribution is 5.94. The third-order valence-corrected chi connectivity index (χ3v) is 1.14. The maximum atomic E-state index is 10.8. The Morgan fingerprint density at radius 2 is 2.07 bits per heavy atom. The van der Waals surface area contributed by atoms with Gasteiger partial charge in [-0.25, -0.2) is 0 Å². The van der Waals surface area contributed by atoms with Crippen LogP contribution in [-0.2, 0) is 19.2 Å². The maximum Gasteiger partial charge on any atom is 0.313 e. The molecule has 0 aromatic carbocycles. The number of ether oxygens (including phenoxy) is 1. The average Bonchev–Trinajstić information content (AvgIpc) is 1.98. The molecule has 0 bridgehead atoms. The van der Waals surface area contributed by atoms with Crippen LogP contribution in [0.5, 0.6) is 0 Å². The number of rotatable bonds is 6. The van der Waals surface area contributed by atoms with Crippen molar-refractivity contribution in [1.29, 1.82) is 0 Å². The van der Waals surface area contributed by atoms with Crippen LogP contribution in [0.15, 0.2) is 0 Å². The first-order valence-electron chi connectivity index (χ1n) is 3.88. The fourth-order valence-electron chi connectivity index (χ4n) is 0.669. The van der Waals surface area contributed by atoms with Crippen LogP contribution < -0.4 is 0 Å². The molecule has 0 N–H and O–H groups in total. The Morgan fingerprint density at radius 1 is 1.50 bits per heavy atom. The highest BCUT2D eigenvalue weighted by Crippen LogP contribution is 1.96. The Hall–Kier alpha value is -1.66. The lowest BCUT2D eigenvalue weighted by atomic mass is 10.3. The van der Waals surface area contributed by atoms with E-state index >= 15 is 0 Å². The molecule has 1 unspecified atom stereocenters. The summed E-state index contributed by atoms with van der Waals surface area (Å²) in [6.45, 7) is 2.34. The van der Waals surface area contributed by atoms with Gasteiger partial charge < -0.3 is 9.57 Å². The minimum absolute atomic E-state index is 0.322. The van der Waals surface area contributed by atoms with Crippen LogP contribution in [0.25, 0.3) is 0 Å². The molecule has 0 aliphatic carbocycles. The summed E-state index contributed by atoms with van der Waals surface area (Å²) in [4.78, 5) is 35.0. The monoisotopic (exact) mass is 205 g/mol. The van der Waals surface area contributed by atoms with E-state index in [-0.39, 0.29) is 18.8 Å². The van der Waals surface area contributed by atoms with Crippen molar-refractivity contribution < 1.29 is 24.3 Å². The number of nitrogens with zero attached hydrogens (tertiary/aromatic N) is 1. The zero-order valence-electron chi connectivity index (χ0n) is 7.89. The Morgan fingerprint density at radius 3 is 2.50 bits per heavy atom. The summed E-state index contributed by atoms with van der Waals surface area (Å²) in [6, 6.07) is 0. The van der Waals surface area contributed by atoms with Gasteiger partial charge in [-0.3, -0.25) is 9.59 Å². The van der Waals surface area contributed by atoms with E-state index in [2.05, 4.69) is 9.57 Å². The second-order valence-corrected chi connectivity index (χ2v) is 2.70. The standard InChI is InChI=1S/C7H11NO6/c1-5(9)3-7(10)14-6(2)4-13-8(11)12/h6H,3-4H2,1-2H3. The predicted molar refractivity (Wildman–Crippen MR) is 43.8 cm³/mol. The van der Waals surface area contributed by atoms with Crippen LogP contribution >= 0.6 is 0 Å². The molecule has 0 spiro atoms. The van der Waals surface area contributed by atoms with Gasteiger partial charge in [0.05, 0.1) is 0 Å². The number of Topliss-reactive ketones (excluding diaryl/α,β-unsaturated/α-hetero) is 1. The molecule has 0 saturated heterocycles. The van der Waals surface area contributed by atoms with Crippen LogP contribution in [0, 0.1) is 10.1 Å². The molecule has 0 aliphatic heterocycles. The van der Waals surface area contributed by atoms with E-state index < -0.39 is 17.2 Å². The third-order valence-electron chi connectivity index (χ3n) is 1.14. The number of carbonyl (C=O) groups is 2. The summed E-state index contributed by atoms with van der Waals surface area (Å²) in [6.07, 6.45) is -1.07. The zero-order chi connectivity index (χ0) is 11.1. The molecule has 0 rings (SSSR count). The fourth-order valence-corrected chi connectivity index (χ4v) is 0.669. The fraction of sp³-hybridized carbons (Fsp3) is 0.714. The predicted octanol–water partition coefficient (Wildman–Crippen LogP) is 0.106. The molecular formula is C7H11NO6. The van der Waals surface area contributed by atoms with Gasteiger partial charge in [-0.05, 0) is 13.8 Å². The molecular weight excluding hydrogens is 194 g/mol. The average molecular weight is 205 g/mol. The Kier molecular flexibility index (Phi) is 5.20. The molecule has 1 atom stereocenters. The topological polar surface area (TPSA) is 95.7 Å². The first kappa shape index (κ1) is 12.3. The van der Waals surface area contributed by atoms with E-state index in [9.17, 15) is 19.7 Å². The van der Waals surface area contributed by atoms with Crippen molar-refractivity contribution in [2.75, 3.05) is 6.61 Å². The van der Waals surface area contributed by atoms with E-state index in [1.54, 1.807) is 0 Å². The highest BCUT2D eigenvalue weighted by atomic mass is 17.0. The van der Waals surface area contributed by atoms with Crippen molar-refractivity contribution in [3.63, 3.8) is 0 Å². The second-order valence-electron chi connectivity index (χ2n) is 2.70. The first-order valence-corrected chi connectivity index (χ1v) is 3.88. The molecule has 0 aromatic heterocycles. The van der Waals surface area contributed by atoms with Crippen molar-refractivity contribution in [2.45, 2.75) is 26.4 Å². The number of carbonyl (C=O) groups excluding carboxylic acids is 2.